The third-order valence-electron chi connectivity index (χ3n) is 2.10. The van der Waals surface area contributed by atoms with Crippen LogP contribution in [-0.2, 0) is 4.79 Å². The minimum atomic E-state index is -0.538. The number of hydrogen-bond donors (Lipinski definition) is 1. The number of rotatable bonds is 5. The van der Waals surface area contributed by atoms with Crippen LogP contribution in [0, 0.1) is 10.1 Å². The van der Waals surface area contributed by atoms with E-state index in [9.17, 15) is 20.0 Å². The minimum absolute atomic E-state index is 0.0546. The zero-order chi connectivity index (χ0) is 13.5. The molecule has 0 aromatic heterocycles. The van der Waals surface area contributed by atoms with Crippen molar-refractivity contribution in [2.45, 2.75) is 13.3 Å². The SMILES string of the molecule is CC(=O)SCCC=Cc1ccc(O)cc1[N+](=O)[O-]. The maximum Gasteiger partial charge on any atom is 0.280 e. The molecule has 0 fully saturated rings. The second kappa shape index (κ2) is 6.80. The molecule has 6 heteroatoms. The molecule has 0 spiro atoms. The lowest BCUT2D eigenvalue weighted by atomic mass is 10.1. The van der Waals surface area contributed by atoms with Gasteiger partial charge < -0.3 is 5.11 Å². The molecule has 0 amide bonds. The van der Waals surface area contributed by atoms with Crippen molar-refractivity contribution in [1.82, 2.24) is 0 Å². The molecule has 1 rings (SSSR count). The third kappa shape index (κ3) is 4.58. The number of phenolic OH excluding ortho intramolecular Hbond substituents is 1. The Labute approximate surface area is 109 Å². The highest BCUT2D eigenvalue weighted by Crippen LogP contribution is 2.25. The molecule has 1 N–H and O–H groups in total. The van der Waals surface area contributed by atoms with Crippen LogP contribution < -0.4 is 0 Å². The highest BCUT2D eigenvalue weighted by atomic mass is 32.2. The molecule has 0 radical (unpaired) electrons. The van der Waals surface area contributed by atoms with Crippen molar-refractivity contribution in [3.8, 4) is 5.75 Å². The van der Waals surface area contributed by atoms with Gasteiger partial charge in [0.05, 0.1) is 16.6 Å². The van der Waals surface area contributed by atoms with Gasteiger partial charge in [-0.05, 0) is 18.6 Å². The predicted octanol–water partition coefficient (Wildman–Crippen LogP) is 2.98. The normalized spacial score (nSPS) is 10.7. The van der Waals surface area contributed by atoms with Gasteiger partial charge in [-0.3, -0.25) is 14.9 Å². The number of hydrogen-bond acceptors (Lipinski definition) is 5. The van der Waals surface area contributed by atoms with Gasteiger partial charge in [-0.25, -0.2) is 0 Å². The Kier molecular flexibility index (Phi) is 5.38. The largest absolute Gasteiger partial charge is 0.508 e. The second-order valence-corrected chi connectivity index (χ2v) is 4.80. The Morgan fingerprint density at radius 2 is 2.28 bits per heavy atom. The van der Waals surface area contributed by atoms with E-state index in [1.54, 1.807) is 12.2 Å². The van der Waals surface area contributed by atoms with E-state index >= 15 is 0 Å². The molecule has 5 nitrogen and oxygen atoms in total. The summed E-state index contributed by atoms with van der Waals surface area (Å²) >= 11 is 1.22. The first-order valence-corrected chi connectivity index (χ1v) is 6.26. The van der Waals surface area contributed by atoms with Gasteiger partial charge in [-0.1, -0.05) is 23.9 Å². The van der Waals surface area contributed by atoms with E-state index in [4.69, 9.17) is 0 Å². The highest BCUT2D eigenvalue weighted by molar-refractivity contribution is 8.13. The van der Waals surface area contributed by atoms with Crippen LogP contribution in [0.2, 0.25) is 0 Å². The van der Waals surface area contributed by atoms with Crippen LogP contribution in [0.4, 0.5) is 5.69 Å². The van der Waals surface area contributed by atoms with E-state index < -0.39 is 4.92 Å². The molecular weight excluding hydrogens is 254 g/mol. The number of phenols is 1. The summed E-state index contributed by atoms with van der Waals surface area (Å²) in [5.74, 6) is 0.517. The summed E-state index contributed by atoms with van der Waals surface area (Å²) in [6.07, 6.45) is 4.05. The lowest BCUT2D eigenvalue weighted by molar-refractivity contribution is -0.385. The molecule has 0 aliphatic heterocycles. The fourth-order valence-corrected chi connectivity index (χ4v) is 1.85. The summed E-state index contributed by atoms with van der Waals surface area (Å²) in [6.45, 7) is 1.50. The molecular formula is C12H13NO4S. The maximum atomic E-state index is 10.8. The van der Waals surface area contributed by atoms with Gasteiger partial charge in [-0.15, -0.1) is 0 Å². The van der Waals surface area contributed by atoms with Crippen molar-refractivity contribution >= 4 is 28.6 Å². The van der Waals surface area contributed by atoms with Crippen molar-refractivity contribution < 1.29 is 14.8 Å². The van der Waals surface area contributed by atoms with Crippen LogP contribution >= 0.6 is 11.8 Å². The lowest BCUT2D eigenvalue weighted by Crippen LogP contribution is -1.91. The molecule has 0 aliphatic rings. The number of carbonyl (C=O) groups excluding carboxylic acids is 1. The first kappa shape index (κ1) is 14.2. The zero-order valence-electron chi connectivity index (χ0n) is 9.83. The Bertz CT molecular complexity index is 485. The number of nitrogens with zero attached hydrogens (tertiary/aromatic N) is 1. The minimum Gasteiger partial charge on any atom is -0.508 e. The highest BCUT2D eigenvalue weighted by Gasteiger charge is 2.11. The summed E-state index contributed by atoms with van der Waals surface area (Å²) in [7, 11) is 0. The average molecular weight is 267 g/mol. The van der Waals surface area contributed by atoms with E-state index in [2.05, 4.69) is 0 Å². The molecule has 0 bridgehead atoms. The smallest absolute Gasteiger partial charge is 0.280 e. The van der Waals surface area contributed by atoms with Crippen molar-refractivity contribution in [3.63, 3.8) is 0 Å². The van der Waals surface area contributed by atoms with E-state index in [1.165, 1.54) is 30.8 Å². The first-order chi connectivity index (χ1) is 8.50. The molecule has 18 heavy (non-hydrogen) atoms. The first-order valence-electron chi connectivity index (χ1n) is 5.28. The van der Waals surface area contributed by atoms with Crippen LogP contribution in [0.3, 0.4) is 0 Å². The van der Waals surface area contributed by atoms with Crippen molar-refractivity contribution in [2.24, 2.45) is 0 Å². The van der Waals surface area contributed by atoms with Gasteiger partial charge in [0.2, 0.25) is 0 Å². The summed E-state index contributed by atoms with van der Waals surface area (Å²) < 4.78 is 0. The van der Waals surface area contributed by atoms with E-state index in [0.29, 0.717) is 17.7 Å². The monoisotopic (exact) mass is 267 g/mol. The molecule has 0 saturated carbocycles. The summed E-state index contributed by atoms with van der Waals surface area (Å²) in [5.41, 5.74) is 0.302. The zero-order valence-corrected chi connectivity index (χ0v) is 10.6. The molecule has 1 aromatic carbocycles. The molecule has 0 atom stereocenters. The fraction of sp³-hybridized carbons (Fsp3) is 0.250. The van der Waals surface area contributed by atoms with Crippen LogP contribution in [-0.4, -0.2) is 20.9 Å². The van der Waals surface area contributed by atoms with Crippen molar-refractivity contribution in [2.75, 3.05) is 5.75 Å². The van der Waals surface area contributed by atoms with Crippen LogP contribution in [0.1, 0.15) is 18.9 Å². The van der Waals surface area contributed by atoms with Gasteiger partial charge >= 0.3 is 0 Å². The molecule has 96 valence electrons. The predicted molar refractivity (Wildman–Crippen MR) is 71.6 cm³/mol. The number of nitro benzene ring substituents is 1. The van der Waals surface area contributed by atoms with Gasteiger partial charge in [-0.2, -0.15) is 0 Å². The molecule has 0 saturated heterocycles. The molecule has 0 heterocycles. The number of benzene rings is 1. The second-order valence-electron chi connectivity index (χ2n) is 3.53. The van der Waals surface area contributed by atoms with E-state index in [1.807, 2.05) is 0 Å². The molecule has 0 aliphatic carbocycles. The van der Waals surface area contributed by atoms with Gasteiger partial charge in [0.15, 0.2) is 5.12 Å². The number of nitro groups is 1. The summed E-state index contributed by atoms with van der Waals surface area (Å²) in [4.78, 5) is 20.9. The van der Waals surface area contributed by atoms with Crippen molar-refractivity contribution in [3.05, 3.63) is 40.0 Å². The number of carbonyl (C=O) groups is 1. The molecule has 0 unspecified atom stereocenters. The quantitative estimate of drug-likeness (QED) is 0.504. The van der Waals surface area contributed by atoms with Gasteiger partial charge in [0, 0.05) is 12.7 Å². The molecule has 1 aromatic rings. The van der Waals surface area contributed by atoms with Crippen LogP contribution in [0.15, 0.2) is 24.3 Å². The standard InChI is InChI=1S/C12H13NO4S/c1-9(14)18-7-3-2-4-10-5-6-11(15)8-12(10)13(16)17/h2,4-6,8,15H,3,7H2,1H3. The lowest BCUT2D eigenvalue weighted by Gasteiger charge is -1.98. The van der Waals surface area contributed by atoms with Gasteiger partial charge in [0.1, 0.15) is 5.75 Å². The average Bonchev–Trinajstić information content (AvgIpc) is 2.29. The third-order valence-corrected chi connectivity index (χ3v) is 2.94. The topological polar surface area (TPSA) is 80.4 Å². The summed E-state index contributed by atoms with van der Waals surface area (Å²) in [5, 5.41) is 20.0. The Hall–Kier alpha value is -1.82. The Balaban J connectivity index is 2.69. The number of aromatic hydroxyl groups is 1. The van der Waals surface area contributed by atoms with Crippen LogP contribution in [0.25, 0.3) is 6.08 Å². The van der Waals surface area contributed by atoms with Gasteiger partial charge in [0.25, 0.3) is 5.69 Å². The van der Waals surface area contributed by atoms with Crippen molar-refractivity contribution in [1.29, 1.82) is 0 Å². The Morgan fingerprint density at radius 3 is 2.89 bits per heavy atom. The van der Waals surface area contributed by atoms with Crippen LogP contribution in [0.5, 0.6) is 5.75 Å². The summed E-state index contributed by atoms with van der Waals surface area (Å²) in [6, 6.07) is 4.00. The Morgan fingerprint density at radius 1 is 1.56 bits per heavy atom. The number of thioether (sulfide) groups is 1. The number of allylic oxidation sites excluding steroid dienone is 1. The maximum absolute atomic E-state index is 10.8. The fourth-order valence-electron chi connectivity index (χ4n) is 1.31. The van der Waals surface area contributed by atoms with E-state index in [-0.39, 0.29) is 16.6 Å². The van der Waals surface area contributed by atoms with E-state index in [0.717, 1.165) is 6.07 Å².